The summed E-state index contributed by atoms with van der Waals surface area (Å²) < 4.78 is 19.1. The summed E-state index contributed by atoms with van der Waals surface area (Å²) >= 11 is 6.01. The molecule has 0 radical (unpaired) electrons. The van der Waals surface area contributed by atoms with E-state index in [1.165, 1.54) is 34.3 Å². The number of benzene rings is 3. The number of anilines is 1. The fourth-order valence-electron chi connectivity index (χ4n) is 3.88. The number of carbonyl (C=O) groups excluding carboxylic acids is 2. The summed E-state index contributed by atoms with van der Waals surface area (Å²) in [5.74, 6) is -0.832. The van der Waals surface area contributed by atoms with Crippen LogP contribution in [0.5, 0.6) is 0 Å². The predicted molar refractivity (Wildman–Crippen MR) is 145 cm³/mol. The molecule has 0 spiro atoms. The van der Waals surface area contributed by atoms with E-state index in [1.807, 2.05) is 0 Å². The number of hydrogen-bond acceptors (Lipinski definition) is 4. The van der Waals surface area contributed by atoms with E-state index in [0.717, 1.165) is 0 Å². The van der Waals surface area contributed by atoms with Gasteiger partial charge in [0.1, 0.15) is 17.9 Å². The third-order valence-corrected chi connectivity index (χ3v) is 6.03. The van der Waals surface area contributed by atoms with Crippen LogP contribution in [0, 0.1) is 5.82 Å². The number of amides is 3. The van der Waals surface area contributed by atoms with Gasteiger partial charge < -0.3 is 19.5 Å². The second-order valence-corrected chi connectivity index (χ2v) is 9.01. The maximum Gasteiger partial charge on any atom is 0.322 e. The Morgan fingerprint density at radius 2 is 1.76 bits per heavy atom. The monoisotopic (exact) mass is 533 g/mol. The van der Waals surface area contributed by atoms with Crippen LogP contribution in [0.1, 0.15) is 11.1 Å². The normalized spacial score (nSPS) is 10.7. The lowest BCUT2D eigenvalue weighted by atomic mass is 10.1. The molecule has 3 amide bonds. The molecule has 0 saturated heterocycles. The topological polar surface area (TPSA) is 82.9 Å². The third-order valence-electron chi connectivity index (χ3n) is 5.79. The van der Waals surface area contributed by atoms with Crippen molar-refractivity contribution in [2.75, 3.05) is 18.4 Å². The number of para-hydroxylation sites is 1. The quantitative estimate of drug-likeness (QED) is 0.274. The molecule has 0 bridgehead atoms. The van der Waals surface area contributed by atoms with Gasteiger partial charge in [0, 0.05) is 23.8 Å². The summed E-state index contributed by atoms with van der Waals surface area (Å²) in [6.45, 7) is 3.51. The number of nitrogens with zero attached hydrogens (tertiary/aromatic N) is 2. The molecule has 0 aliphatic rings. The lowest BCUT2D eigenvalue weighted by Gasteiger charge is -2.27. The predicted octanol–water partition coefficient (Wildman–Crippen LogP) is 5.83. The summed E-state index contributed by atoms with van der Waals surface area (Å²) in [5, 5.41) is 3.57. The van der Waals surface area contributed by atoms with E-state index in [1.54, 1.807) is 60.7 Å². The van der Waals surface area contributed by atoms with Crippen molar-refractivity contribution in [3.8, 4) is 0 Å². The number of nitrogens with one attached hydrogen (secondary N) is 1. The van der Waals surface area contributed by atoms with Gasteiger partial charge in [-0.2, -0.15) is 0 Å². The molecule has 9 heteroatoms. The lowest BCUT2D eigenvalue weighted by molar-refractivity contribution is -0.133. The fraction of sp³-hybridized carbons (Fsp3) is 0.138. The molecule has 0 fully saturated rings. The van der Waals surface area contributed by atoms with Crippen molar-refractivity contribution in [1.82, 2.24) is 9.80 Å². The van der Waals surface area contributed by atoms with Gasteiger partial charge in [0.2, 0.25) is 5.91 Å². The first-order chi connectivity index (χ1) is 18.3. The molecule has 1 N–H and O–H groups in total. The highest BCUT2D eigenvalue weighted by atomic mass is 35.5. The van der Waals surface area contributed by atoms with Gasteiger partial charge in [-0.05, 0) is 48.0 Å². The Balaban J connectivity index is 1.59. The second kappa shape index (κ2) is 12.2. The second-order valence-electron chi connectivity index (χ2n) is 8.57. The lowest BCUT2D eigenvalue weighted by Crippen LogP contribution is -2.44. The van der Waals surface area contributed by atoms with Gasteiger partial charge in [-0.15, -0.1) is 6.58 Å². The number of rotatable bonds is 9. The highest BCUT2D eigenvalue weighted by Crippen LogP contribution is 2.17. The van der Waals surface area contributed by atoms with Gasteiger partial charge in [-0.25, -0.2) is 9.18 Å². The van der Waals surface area contributed by atoms with Crippen LogP contribution in [0.25, 0.3) is 11.0 Å². The highest BCUT2D eigenvalue weighted by molar-refractivity contribution is 6.30. The number of carbonyl (C=O) groups is 2. The van der Waals surface area contributed by atoms with Crippen LogP contribution in [-0.2, 0) is 17.9 Å². The molecular weight excluding hydrogens is 509 g/mol. The maximum absolute atomic E-state index is 13.5. The summed E-state index contributed by atoms with van der Waals surface area (Å²) in [6, 6.07) is 18.7. The van der Waals surface area contributed by atoms with Crippen LogP contribution in [0.4, 0.5) is 14.9 Å². The van der Waals surface area contributed by atoms with Gasteiger partial charge in [-0.1, -0.05) is 48.0 Å². The molecule has 4 aromatic rings. The van der Waals surface area contributed by atoms with Crippen molar-refractivity contribution in [2.45, 2.75) is 13.1 Å². The molecule has 1 aromatic heterocycles. The molecule has 0 aliphatic heterocycles. The summed E-state index contributed by atoms with van der Waals surface area (Å²) in [7, 11) is 0. The Labute approximate surface area is 223 Å². The standard InChI is InChI=1S/C29H25ClFN3O4/c1-2-14-33(29(37)32-24-7-5-6-22(30)15-24)18-27(35)34(16-20-10-12-23(31)13-11-20)17-21-19-38-26-9-4-3-8-25(26)28(21)36/h2-13,15,19H,1,14,16-18H2,(H,32,37). The Morgan fingerprint density at radius 1 is 1.00 bits per heavy atom. The fourth-order valence-corrected chi connectivity index (χ4v) is 4.07. The average molecular weight is 534 g/mol. The smallest absolute Gasteiger partial charge is 0.322 e. The van der Waals surface area contributed by atoms with Crippen molar-refractivity contribution in [3.05, 3.63) is 124 Å². The van der Waals surface area contributed by atoms with Crippen molar-refractivity contribution in [1.29, 1.82) is 0 Å². The van der Waals surface area contributed by atoms with Gasteiger partial charge in [0.25, 0.3) is 0 Å². The van der Waals surface area contributed by atoms with E-state index in [4.69, 9.17) is 16.0 Å². The number of hydrogen-bond donors (Lipinski definition) is 1. The molecule has 4 rings (SSSR count). The SMILES string of the molecule is C=CCN(CC(=O)N(Cc1ccc(F)cc1)Cc1coc2ccccc2c1=O)C(=O)Nc1cccc(Cl)c1. The van der Waals surface area contributed by atoms with Gasteiger partial charge in [0.15, 0.2) is 5.43 Å². The zero-order valence-corrected chi connectivity index (χ0v) is 21.2. The summed E-state index contributed by atoms with van der Waals surface area (Å²) in [4.78, 5) is 42.3. The molecule has 0 atom stereocenters. The van der Waals surface area contributed by atoms with E-state index in [-0.39, 0.29) is 37.2 Å². The van der Waals surface area contributed by atoms with Crippen molar-refractivity contribution < 1.29 is 18.4 Å². The van der Waals surface area contributed by atoms with Crippen LogP contribution in [0.2, 0.25) is 5.02 Å². The number of urea groups is 1. The molecule has 194 valence electrons. The minimum Gasteiger partial charge on any atom is -0.464 e. The van der Waals surface area contributed by atoms with Crippen LogP contribution in [0.3, 0.4) is 0 Å². The molecule has 1 heterocycles. The van der Waals surface area contributed by atoms with Gasteiger partial charge in [-0.3, -0.25) is 9.59 Å². The van der Waals surface area contributed by atoms with Crippen LogP contribution in [-0.4, -0.2) is 34.8 Å². The molecular formula is C29H25ClFN3O4. The molecule has 38 heavy (non-hydrogen) atoms. The molecule has 0 unspecified atom stereocenters. The average Bonchev–Trinajstić information content (AvgIpc) is 2.90. The van der Waals surface area contributed by atoms with Crippen molar-refractivity contribution >= 4 is 40.2 Å². The zero-order valence-electron chi connectivity index (χ0n) is 20.4. The van der Waals surface area contributed by atoms with Gasteiger partial charge in [0.05, 0.1) is 23.8 Å². The van der Waals surface area contributed by atoms with Crippen LogP contribution >= 0.6 is 11.6 Å². The summed E-state index contributed by atoms with van der Waals surface area (Å²) in [5.41, 5.74) is 1.58. The number of halogens is 2. The van der Waals surface area contributed by atoms with Crippen LogP contribution < -0.4 is 10.7 Å². The largest absolute Gasteiger partial charge is 0.464 e. The molecule has 7 nitrogen and oxygen atoms in total. The number of fused-ring (bicyclic) bond motifs is 1. The first-order valence-electron chi connectivity index (χ1n) is 11.8. The third kappa shape index (κ3) is 6.66. The molecule has 3 aromatic carbocycles. The van der Waals surface area contributed by atoms with Crippen LogP contribution in [0.15, 0.2) is 101 Å². The molecule has 0 saturated carbocycles. The Morgan fingerprint density at radius 3 is 2.50 bits per heavy atom. The summed E-state index contributed by atoms with van der Waals surface area (Å²) in [6.07, 6.45) is 2.84. The van der Waals surface area contributed by atoms with E-state index >= 15 is 0 Å². The maximum atomic E-state index is 13.5. The van der Waals surface area contributed by atoms with E-state index in [9.17, 15) is 18.8 Å². The Hall–Kier alpha value is -4.43. The minimum atomic E-state index is -0.521. The van der Waals surface area contributed by atoms with E-state index < -0.39 is 17.8 Å². The van der Waals surface area contributed by atoms with E-state index in [0.29, 0.717) is 27.2 Å². The van der Waals surface area contributed by atoms with Crippen molar-refractivity contribution in [3.63, 3.8) is 0 Å². The Bertz CT molecular complexity index is 1520. The molecule has 0 aliphatic carbocycles. The van der Waals surface area contributed by atoms with Crippen molar-refractivity contribution in [2.24, 2.45) is 0 Å². The minimum absolute atomic E-state index is 0.0682. The van der Waals surface area contributed by atoms with Gasteiger partial charge >= 0.3 is 6.03 Å². The zero-order chi connectivity index (χ0) is 27.1. The van der Waals surface area contributed by atoms with E-state index in [2.05, 4.69) is 11.9 Å². The first kappa shape index (κ1) is 26.6. The highest BCUT2D eigenvalue weighted by Gasteiger charge is 2.23. The first-order valence-corrected chi connectivity index (χ1v) is 12.2. The Kier molecular flexibility index (Phi) is 8.55.